The Morgan fingerprint density at radius 2 is 1.89 bits per heavy atom. The molecule has 0 bridgehead atoms. The zero-order valence-corrected chi connectivity index (χ0v) is 6.14. The first-order valence-electron chi connectivity index (χ1n) is 4.10. The molecule has 0 atom stereocenters. The summed E-state index contributed by atoms with van der Waals surface area (Å²) >= 11 is 0. The lowest BCUT2D eigenvalue weighted by molar-refractivity contribution is 0.0376. The fourth-order valence-corrected chi connectivity index (χ4v) is 1.86. The Labute approximate surface area is 57.0 Å². The van der Waals surface area contributed by atoms with Crippen molar-refractivity contribution in [3.63, 3.8) is 0 Å². The van der Waals surface area contributed by atoms with Gasteiger partial charge < -0.3 is 4.90 Å². The third-order valence-electron chi connectivity index (χ3n) is 2.76. The van der Waals surface area contributed by atoms with Gasteiger partial charge >= 0.3 is 0 Å². The van der Waals surface area contributed by atoms with Gasteiger partial charge in [-0.25, -0.2) is 0 Å². The first kappa shape index (κ1) is 5.72. The summed E-state index contributed by atoms with van der Waals surface area (Å²) in [6, 6.07) is 0.994. The number of nitrogens with zero attached hydrogens (tertiary/aromatic N) is 1. The van der Waals surface area contributed by atoms with Gasteiger partial charge in [-0.05, 0) is 38.3 Å². The van der Waals surface area contributed by atoms with E-state index in [0.29, 0.717) is 0 Å². The van der Waals surface area contributed by atoms with Gasteiger partial charge in [-0.3, -0.25) is 0 Å². The molecule has 9 heavy (non-hydrogen) atoms. The lowest BCUT2D eigenvalue weighted by atomic mass is 9.80. The van der Waals surface area contributed by atoms with Crippen LogP contribution in [0.4, 0.5) is 0 Å². The van der Waals surface area contributed by atoms with E-state index < -0.39 is 0 Å². The highest BCUT2D eigenvalue weighted by atomic mass is 15.2. The molecule has 1 heteroatoms. The topological polar surface area (TPSA) is 3.24 Å². The summed E-state index contributed by atoms with van der Waals surface area (Å²) in [5, 5.41) is 0. The molecule has 1 aliphatic carbocycles. The molecule has 0 aromatic rings. The summed E-state index contributed by atoms with van der Waals surface area (Å²) in [6.07, 6.45) is 4.39. The summed E-state index contributed by atoms with van der Waals surface area (Å²) in [5.41, 5.74) is 0. The molecule has 2 fully saturated rings. The highest BCUT2D eigenvalue weighted by Gasteiger charge is 2.32. The third kappa shape index (κ3) is 0.877. The molecule has 1 heterocycles. The van der Waals surface area contributed by atoms with E-state index in [1.807, 2.05) is 0 Å². The van der Waals surface area contributed by atoms with E-state index in [9.17, 15) is 0 Å². The van der Waals surface area contributed by atoms with Crippen LogP contribution in [0.3, 0.4) is 0 Å². The van der Waals surface area contributed by atoms with Gasteiger partial charge in [0.25, 0.3) is 0 Å². The van der Waals surface area contributed by atoms with E-state index in [1.165, 1.54) is 32.4 Å². The minimum Gasteiger partial charge on any atom is -0.300 e. The molecule has 0 radical (unpaired) electrons. The molecule has 0 unspecified atom stereocenters. The molecule has 2 aliphatic rings. The van der Waals surface area contributed by atoms with Crippen LogP contribution in [0.15, 0.2) is 0 Å². The van der Waals surface area contributed by atoms with Crippen molar-refractivity contribution in [2.24, 2.45) is 5.92 Å². The largest absolute Gasteiger partial charge is 0.300 e. The van der Waals surface area contributed by atoms with E-state index in [1.54, 1.807) is 0 Å². The second-order valence-electron chi connectivity index (χ2n) is 3.62. The standard InChI is InChI=1S/C8H15N/c1-7-5-8(6-7)9-3-2-4-9/h7-8H,2-6H2,1H3/t7-,8+. The molecule has 1 saturated carbocycles. The van der Waals surface area contributed by atoms with Gasteiger partial charge in [0.1, 0.15) is 0 Å². The Balaban J connectivity index is 1.75. The summed E-state index contributed by atoms with van der Waals surface area (Å²) in [4.78, 5) is 2.62. The van der Waals surface area contributed by atoms with Gasteiger partial charge in [-0.2, -0.15) is 0 Å². The van der Waals surface area contributed by atoms with Gasteiger partial charge in [-0.1, -0.05) is 6.92 Å². The normalized spacial score (nSPS) is 43.7. The van der Waals surface area contributed by atoms with Crippen LogP contribution in [-0.4, -0.2) is 24.0 Å². The minimum absolute atomic E-state index is 0.994. The van der Waals surface area contributed by atoms with E-state index in [0.717, 1.165) is 12.0 Å². The molecular formula is C8H15N. The fourth-order valence-electron chi connectivity index (χ4n) is 1.86. The maximum atomic E-state index is 2.62. The average Bonchev–Trinajstić information content (AvgIpc) is 1.57. The molecule has 1 aliphatic heterocycles. The molecule has 2 rings (SSSR count). The lowest BCUT2D eigenvalue weighted by Gasteiger charge is -2.46. The van der Waals surface area contributed by atoms with E-state index in [4.69, 9.17) is 0 Å². The molecular weight excluding hydrogens is 110 g/mol. The van der Waals surface area contributed by atoms with Gasteiger partial charge in [0, 0.05) is 6.04 Å². The van der Waals surface area contributed by atoms with E-state index >= 15 is 0 Å². The number of likely N-dealkylation sites (tertiary alicyclic amines) is 1. The van der Waals surface area contributed by atoms with E-state index in [-0.39, 0.29) is 0 Å². The maximum absolute atomic E-state index is 2.62. The molecule has 0 spiro atoms. The number of hydrogen-bond acceptors (Lipinski definition) is 1. The fraction of sp³-hybridized carbons (Fsp3) is 1.00. The van der Waals surface area contributed by atoms with Gasteiger partial charge in [0.05, 0.1) is 0 Å². The Bertz CT molecular complexity index is 101. The smallest absolute Gasteiger partial charge is 0.0100 e. The Morgan fingerprint density at radius 3 is 2.22 bits per heavy atom. The Hall–Kier alpha value is -0.0400. The number of hydrogen-bond donors (Lipinski definition) is 0. The molecule has 0 aromatic heterocycles. The molecule has 0 N–H and O–H groups in total. The van der Waals surface area contributed by atoms with Crippen molar-refractivity contribution in [1.29, 1.82) is 0 Å². The van der Waals surface area contributed by atoms with Gasteiger partial charge in [-0.15, -0.1) is 0 Å². The van der Waals surface area contributed by atoms with Crippen LogP contribution in [0.25, 0.3) is 0 Å². The van der Waals surface area contributed by atoms with Crippen molar-refractivity contribution in [2.45, 2.75) is 32.2 Å². The Morgan fingerprint density at radius 1 is 1.22 bits per heavy atom. The average molecular weight is 125 g/mol. The maximum Gasteiger partial charge on any atom is 0.0100 e. The van der Waals surface area contributed by atoms with Crippen molar-refractivity contribution in [2.75, 3.05) is 13.1 Å². The quantitative estimate of drug-likeness (QED) is 0.513. The van der Waals surface area contributed by atoms with Crippen molar-refractivity contribution in [3.8, 4) is 0 Å². The second kappa shape index (κ2) is 1.98. The minimum atomic E-state index is 0.994. The summed E-state index contributed by atoms with van der Waals surface area (Å²) in [5.74, 6) is 1.02. The molecule has 52 valence electrons. The van der Waals surface area contributed by atoms with Crippen LogP contribution in [-0.2, 0) is 0 Å². The first-order valence-corrected chi connectivity index (χ1v) is 4.10. The van der Waals surface area contributed by atoms with Crippen LogP contribution in [0, 0.1) is 5.92 Å². The zero-order valence-electron chi connectivity index (χ0n) is 6.14. The summed E-state index contributed by atoms with van der Waals surface area (Å²) in [7, 11) is 0. The molecule has 1 saturated heterocycles. The molecule has 0 aromatic carbocycles. The Kier molecular flexibility index (Phi) is 1.26. The SMILES string of the molecule is C[C@H]1C[C@@H](N2CCC2)C1. The van der Waals surface area contributed by atoms with Crippen LogP contribution >= 0.6 is 0 Å². The van der Waals surface area contributed by atoms with Crippen LogP contribution < -0.4 is 0 Å². The zero-order chi connectivity index (χ0) is 6.27. The predicted octanol–water partition coefficient (Wildman–Crippen LogP) is 1.49. The lowest BCUT2D eigenvalue weighted by Crippen LogP contribution is -2.50. The van der Waals surface area contributed by atoms with Crippen LogP contribution in [0.2, 0.25) is 0 Å². The van der Waals surface area contributed by atoms with Gasteiger partial charge in [0.2, 0.25) is 0 Å². The first-order chi connectivity index (χ1) is 4.36. The highest BCUT2D eigenvalue weighted by Crippen LogP contribution is 2.33. The van der Waals surface area contributed by atoms with Crippen molar-refractivity contribution in [1.82, 2.24) is 4.90 Å². The van der Waals surface area contributed by atoms with Crippen LogP contribution in [0.5, 0.6) is 0 Å². The van der Waals surface area contributed by atoms with Crippen molar-refractivity contribution >= 4 is 0 Å². The highest BCUT2D eigenvalue weighted by molar-refractivity contribution is 4.88. The monoisotopic (exact) mass is 125 g/mol. The van der Waals surface area contributed by atoms with Crippen LogP contribution in [0.1, 0.15) is 26.2 Å². The third-order valence-corrected chi connectivity index (χ3v) is 2.76. The molecule has 0 amide bonds. The second-order valence-corrected chi connectivity index (χ2v) is 3.62. The summed E-state index contributed by atoms with van der Waals surface area (Å²) in [6.45, 7) is 5.13. The van der Waals surface area contributed by atoms with Gasteiger partial charge in [0.15, 0.2) is 0 Å². The van der Waals surface area contributed by atoms with Crippen molar-refractivity contribution in [3.05, 3.63) is 0 Å². The molecule has 1 nitrogen and oxygen atoms in total. The van der Waals surface area contributed by atoms with E-state index in [2.05, 4.69) is 11.8 Å². The summed E-state index contributed by atoms with van der Waals surface area (Å²) < 4.78 is 0. The van der Waals surface area contributed by atoms with Crippen molar-refractivity contribution < 1.29 is 0 Å². The predicted molar refractivity (Wildman–Crippen MR) is 38.4 cm³/mol. The number of rotatable bonds is 1.